The highest BCUT2D eigenvalue weighted by atomic mass is 16.5. The largest absolute Gasteiger partial charge is 0.490 e. The van der Waals surface area contributed by atoms with E-state index < -0.39 is 0 Å². The Morgan fingerprint density at radius 3 is 1.71 bits per heavy atom. The van der Waals surface area contributed by atoms with Crippen molar-refractivity contribution >= 4 is 6.08 Å². The van der Waals surface area contributed by atoms with Crippen LogP contribution in [0.25, 0.3) is 6.08 Å². The van der Waals surface area contributed by atoms with E-state index in [2.05, 4.69) is 63.7 Å². The third kappa shape index (κ3) is 7.96. The zero-order valence-electron chi connectivity index (χ0n) is 26.4. The van der Waals surface area contributed by atoms with E-state index in [1.807, 2.05) is 20.3 Å². The van der Waals surface area contributed by atoms with Crippen LogP contribution in [0.1, 0.15) is 126 Å². The van der Waals surface area contributed by atoms with Crippen LogP contribution in [0.5, 0.6) is 11.5 Å². The van der Waals surface area contributed by atoms with Crippen molar-refractivity contribution in [3.8, 4) is 11.5 Å². The van der Waals surface area contributed by atoms with Gasteiger partial charge in [-0.1, -0.05) is 84.1 Å². The summed E-state index contributed by atoms with van der Waals surface area (Å²) >= 11 is 0. The van der Waals surface area contributed by atoms with Crippen LogP contribution in [0.3, 0.4) is 0 Å². The second-order valence-corrected chi connectivity index (χ2v) is 12.8. The molecule has 0 heterocycles. The molecule has 2 fully saturated rings. The summed E-state index contributed by atoms with van der Waals surface area (Å²) in [4.78, 5) is 0. The first-order valence-electron chi connectivity index (χ1n) is 16.1. The smallest absolute Gasteiger partial charge is 0.131 e. The first-order valence-corrected chi connectivity index (χ1v) is 16.1. The number of hydrogen-bond acceptors (Lipinski definition) is 4. The molecule has 0 aliphatic heterocycles. The molecule has 0 spiro atoms. The highest BCUT2D eigenvalue weighted by Crippen LogP contribution is 2.47. The molecule has 2 aromatic carbocycles. The lowest BCUT2D eigenvalue weighted by Gasteiger charge is -2.34. The van der Waals surface area contributed by atoms with Gasteiger partial charge < -0.3 is 18.9 Å². The van der Waals surface area contributed by atoms with E-state index in [1.165, 1.54) is 69.8 Å². The van der Waals surface area contributed by atoms with Crippen LogP contribution in [0, 0.1) is 11.8 Å². The summed E-state index contributed by atoms with van der Waals surface area (Å²) in [5.41, 5.74) is 4.87. The first-order chi connectivity index (χ1) is 19.9. The molecule has 2 saturated carbocycles. The number of benzene rings is 2. The van der Waals surface area contributed by atoms with E-state index in [1.54, 1.807) is 0 Å². The lowest BCUT2D eigenvalue weighted by molar-refractivity contribution is 0.0257. The number of rotatable bonds is 14. The molecule has 0 bridgehead atoms. The maximum absolute atomic E-state index is 6.71. The van der Waals surface area contributed by atoms with Crippen LogP contribution in [0.15, 0.2) is 43.0 Å². The molecule has 226 valence electrons. The van der Waals surface area contributed by atoms with E-state index >= 15 is 0 Å². The summed E-state index contributed by atoms with van der Waals surface area (Å²) in [5, 5.41) is 0. The maximum atomic E-state index is 6.71. The lowest BCUT2D eigenvalue weighted by atomic mass is 9.79. The van der Waals surface area contributed by atoms with Gasteiger partial charge in [0.2, 0.25) is 0 Å². The van der Waals surface area contributed by atoms with Gasteiger partial charge in [0.25, 0.3) is 0 Å². The van der Waals surface area contributed by atoms with Gasteiger partial charge in [0, 0.05) is 25.3 Å². The Hall–Kier alpha value is -2.30. The fourth-order valence-electron chi connectivity index (χ4n) is 6.94. The fourth-order valence-corrected chi connectivity index (χ4v) is 6.94. The van der Waals surface area contributed by atoms with Crippen LogP contribution in [-0.4, -0.2) is 27.4 Å². The first kappa shape index (κ1) is 31.6. The summed E-state index contributed by atoms with van der Waals surface area (Å²) in [7, 11) is 3.70. The van der Waals surface area contributed by atoms with Crippen molar-refractivity contribution in [2.45, 2.75) is 109 Å². The van der Waals surface area contributed by atoms with Crippen molar-refractivity contribution in [2.24, 2.45) is 11.8 Å². The molecule has 4 heteroatoms. The molecule has 2 aromatic rings. The quantitative estimate of drug-likeness (QED) is 0.215. The van der Waals surface area contributed by atoms with Crippen molar-refractivity contribution in [2.75, 3.05) is 27.4 Å². The third-order valence-electron chi connectivity index (χ3n) is 9.80. The maximum Gasteiger partial charge on any atom is 0.131 e. The number of methoxy groups -OCH3 is 2. The molecule has 0 saturated heterocycles. The molecule has 0 radical (unpaired) electrons. The van der Waals surface area contributed by atoms with E-state index in [0.717, 1.165) is 34.6 Å². The molecule has 0 N–H and O–H groups in total. The predicted octanol–water partition coefficient (Wildman–Crippen LogP) is 10.0. The molecule has 2 atom stereocenters. The van der Waals surface area contributed by atoms with Crippen molar-refractivity contribution in [3.05, 3.63) is 65.2 Å². The van der Waals surface area contributed by atoms with E-state index in [9.17, 15) is 0 Å². The minimum atomic E-state index is -0.0109. The summed E-state index contributed by atoms with van der Waals surface area (Å²) in [6.45, 7) is 11.9. The molecule has 4 rings (SSSR count). The Balaban J connectivity index is 1.60. The standard InChI is InChI=1S/C37H54O4/c1-7-27-25-32(34(38-5)28-15-11-9-12-16-28)36(33(26-27)35(39-6)29-17-13-10-14-18-29)41-24-23-40-31-21-19-30(20-22-31)37(3,4)8-2/h7,19-22,25-26,28-29,34-35H,1,8-18,23-24H2,2-6H3. The molecule has 0 aromatic heterocycles. The Bertz CT molecular complexity index is 1030. The van der Waals surface area contributed by atoms with Crippen molar-refractivity contribution in [1.82, 2.24) is 0 Å². The fraction of sp³-hybridized carbons (Fsp3) is 0.622. The lowest BCUT2D eigenvalue weighted by Crippen LogP contribution is -2.23. The summed E-state index contributed by atoms with van der Waals surface area (Å²) in [6, 6.07) is 13.0. The van der Waals surface area contributed by atoms with Gasteiger partial charge in [0.1, 0.15) is 24.7 Å². The SMILES string of the molecule is C=Cc1cc(C(OC)C2CCCCC2)c(OCCOc2ccc(C(C)(C)CC)cc2)c(C(OC)C2CCCCC2)c1. The molecule has 2 aliphatic carbocycles. The Morgan fingerprint density at radius 1 is 0.780 bits per heavy atom. The Kier molecular flexibility index (Phi) is 11.8. The van der Waals surface area contributed by atoms with Gasteiger partial charge in [-0.05, 0) is 84.7 Å². The van der Waals surface area contributed by atoms with Gasteiger partial charge in [-0.3, -0.25) is 0 Å². The molecular formula is C37H54O4. The monoisotopic (exact) mass is 562 g/mol. The highest BCUT2D eigenvalue weighted by molar-refractivity contribution is 5.57. The van der Waals surface area contributed by atoms with Gasteiger partial charge in [-0.25, -0.2) is 0 Å². The summed E-state index contributed by atoms with van der Waals surface area (Å²) in [5.74, 6) is 2.78. The Morgan fingerprint density at radius 2 is 1.27 bits per heavy atom. The normalized spacial score (nSPS) is 18.6. The zero-order valence-corrected chi connectivity index (χ0v) is 26.4. The number of ether oxygens (including phenoxy) is 4. The number of hydrogen-bond donors (Lipinski definition) is 0. The topological polar surface area (TPSA) is 36.9 Å². The van der Waals surface area contributed by atoms with Crippen LogP contribution in [-0.2, 0) is 14.9 Å². The van der Waals surface area contributed by atoms with Gasteiger partial charge in [0.15, 0.2) is 0 Å². The summed E-state index contributed by atoms with van der Waals surface area (Å²) < 4.78 is 25.4. The molecule has 0 amide bonds. The van der Waals surface area contributed by atoms with Crippen LogP contribution >= 0.6 is 0 Å². The average molecular weight is 563 g/mol. The molecule has 4 nitrogen and oxygen atoms in total. The predicted molar refractivity (Wildman–Crippen MR) is 170 cm³/mol. The molecule has 41 heavy (non-hydrogen) atoms. The van der Waals surface area contributed by atoms with Gasteiger partial charge in [0.05, 0.1) is 12.2 Å². The van der Waals surface area contributed by atoms with Crippen molar-refractivity contribution < 1.29 is 18.9 Å². The highest BCUT2D eigenvalue weighted by Gasteiger charge is 2.33. The van der Waals surface area contributed by atoms with Crippen LogP contribution < -0.4 is 9.47 Å². The van der Waals surface area contributed by atoms with E-state index in [4.69, 9.17) is 18.9 Å². The summed E-state index contributed by atoms with van der Waals surface area (Å²) in [6.07, 6.45) is 15.5. The second-order valence-electron chi connectivity index (χ2n) is 12.8. The minimum Gasteiger partial charge on any atom is -0.490 e. The van der Waals surface area contributed by atoms with Crippen LogP contribution in [0.4, 0.5) is 0 Å². The van der Waals surface area contributed by atoms with E-state index in [0.29, 0.717) is 25.0 Å². The molecule has 2 unspecified atom stereocenters. The van der Waals surface area contributed by atoms with Crippen molar-refractivity contribution in [3.63, 3.8) is 0 Å². The second kappa shape index (κ2) is 15.3. The van der Waals surface area contributed by atoms with Gasteiger partial charge in [-0.2, -0.15) is 0 Å². The Labute approximate surface area is 249 Å². The van der Waals surface area contributed by atoms with E-state index in [-0.39, 0.29) is 17.6 Å². The average Bonchev–Trinajstić information content (AvgIpc) is 3.02. The van der Waals surface area contributed by atoms with Crippen LogP contribution in [0.2, 0.25) is 0 Å². The third-order valence-corrected chi connectivity index (χ3v) is 9.80. The molecular weight excluding hydrogens is 508 g/mol. The van der Waals surface area contributed by atoms with Crippen molar-refractivity contribution in [1.29, 1.82) is 0 Å². The minimum absolute atomic E-state index is 0.0109. The molecule has 2 aliphatic rings. The van der Waals surface area contributed by atoms with Gasteiger partial charge in [-0.15, -0.1) is 0 Å². The zero-order chi connectivity index (χ0) is 29.2. The van der Waals surface area contributed by atoms with Gasteiger partial charge >= 0.3 is 0 Å².